The Kier molecular flexibility index (Phi) is 7.31. The van der Waals surface area contributed by atoms with Crippen molar-refractivity contribution in [3.05, 3.63) is 94.3 Å². The highest BCUT2D eigenvalue weighted by molar-refractivity contribution is 5.94. The normalized spacial score (nSPS) is 12.0. The SMILES string of the molecule is CCNC(=O)c1ccc(OCc2nc3ccccc3[nH]2)c(C(CC)Cc2ccc(C)cc2C)c1. The molecule has 4 aromatic rings. The van der Waals surface area contributed by atoms with E-state index in [2.05, 4.69) is 54.3 Å². The van der Waals surface area contributed by atoms with Gasteiger partial charge in [0.1, 0.15) is 18.2 Å². The number of nitrogens with zero attached hydrogens (tertiary/aromatic N) is 1. The van der Waals surface area contributed by atoms with E-state index < -0.39 is 0 Å². The van der Waals surface area contributed by atoms with Gasteiger partial charge in [0.15, 0.2) is 0 Å². The number of ether oxygens (including phenoxy) is 1. The molecule has 4 rings (SSSR count). The quantitative estimate of drug-likeness (QED) is 0.314. The Labute approximate surface area is 201 Å². The van der Waals surface area contributed by atoms with E-state index in [1.165, 1.54) is 16.7 Å². The number of para-hydroxylation sites is 2. The first kappa shape index (κ1) is 23.6. The van der Waals surface area contributed by atoms with Crippen LogP contribution in [0.25, 0.3) is 11.0 Å². The number of benzene rings is 3. The van der Waals surface area contributed by atoms with Crippen molar-refractivity contribution < 1.29 is 9.53 Å². The monoisotopic (exact) mass is 455 g/mol. The molecule has 0 aliphatic rings. The average molecular weight is 456 g/mol. The maximum absolute atomic E-state index is 12.6. The fourth-order valence-electron chi connectivity index (χ4n) is 4.44. The number of carbonyl (C=O) groups excluding carboxylic acids is 1. The van der Waals surface area contributed by atoms with Crippen molar-refractivity contribution in [3.63, 3.8) is 0 Å². The minimum absolute atomic E-state index is 0.0612. The third-order valence-corrected chi connectivity index (χ3v) is 6.31. The highest BCUT2D eigenvalue weighted by atomic mass is 16.5. The molecule has 5 heteroatoms. The van der Waals surface area contributed by atoms with Crippen LogP contribution in [0.3, 0.4) is 0 Å². The van der Waals surface area contributed by atoms with Crippen LogP contribution in [0.15, 0.2) is 60.7 Å². The third kappa shape index (κ3) is 5.30. The van der Waals surface area contributed by atoms with Crippen molar-refractivity contribution in [1.29, 1.82) is 0 Å². The number of rotatable bonds is 9. The van der Waals surface area contributed by atoms with Crippen molar-refractivity contribution in [2.75, 3.05) is 6.54 Å². The van der Waals surface area contributed by atoms with Crippen LogP contribution in [0.1, 0.15) is 64.6 Å². The van der Waals surface area contributed by atoms with E-state index in [1.54, 1.807) is 0 Å². The first-order valence-electron chi connectivity index (χ1n) is 12.0. The number of aromatic amines is 1. The minimum atomic E-state index is -0.0612. The van der Waals surface area contributed by atoms with Gasteiger partial charge in [0.2, 0.25) is 0 Å². The smallest absolute Gasteiger partial charge is 0.251 e. The van der Waals surface area contributed by atoms with Gasteiger partial charge in [-0.2, -0.15) is 0 Å². The topological polar surface area (TPSA) is 67.0 Å². The lowest BCUT2D eigenvalue weighted by Crippen LogP contribution is -2.23. The molecule has 0 aliphatic heterocycles. The maximum Gasteiger partial charge on any atom is 0.251 e. The lowest BCUT2D eigenvalue weighted by molar-refractivity contribution is 0.0955. The average Bonchev–Trinajstić information content (AvgIpc) is 3.25. The molecule has 0 aliphatic carbocycles. The third-order valence-electron chi connectivity index (χ3n) is 6.31. The van der Waals surface area contributed by atoms with Gasteiger partial charge in [-0.25, -0.2) is 4.98 Å². The van der Waals surface area contributed by atoms with Gasteiger partial charge in [-0.3, -0.25) is 4.79 Å². The van der Waals surface area contributed by atoms with E-state index in [-0.39, 0.29) is 11.8 Å². The molecular weight excluding hydrogens is 422 g/mol. The van der Waals surface area contributed by atoms with Gasteiger partial charge in [-0.05, 0) is 86.6 Å². The molecule has 3 aromatic carbocycles. The predicted molar refractivity (Wildman–Crippen MR) is 138 cm³/mol. The summed E-state index contributed by atoms with van der Waals surface area (Å²) in [6.45, 7) is 9.34. The van der Waals surface area contributed by atoms with Crippen molar-refractivity contribution in [3.8, 4) is 5.75 Å². The van der Waals surface area contributed by atoms with Crippen LogP contribution >= 0.6 is 0 Å². The second kappa shape index (κ2) is 10.6. The van der Waals surface area contributed by atoms with Crippen LogP contribution in [0.2, 0.25) is 0 Å². The molecule has 34 heavy (non-hydrogen) atoms. The Balaban J connectivity index is 1.64. The number of imidazole rings is 1. The molecular formula is C29H33N3O2. The summed E-state index contributed by atoms with van der Waals surface area (Å²) in [5.41, 5.74) is 7.52. The Morgan fingerprint density at radius 1 is 1.06 bits per heavy atom. The first-order chi connectivity index (χ1) is 16.5. The molecule has 2 N–H and O–H groups in total. The summed E-state index contributed by atoms with van der Waals surface area (Å²) in [4.78, 5) is 20.5. The van der Waals surface area contributed by atoms with E-state index in [9.17, 15) is 4.79 Å². The molecule has 0 bridgehead atoms. The summed E-state index contributed by atoms with van der Waals surface area (Å²) in [5.74, 6) is 1.74. The fraction of sp³-hybridized carbons (Fsp3) is 0.310. The lowest BCUT2D eigenvalue weighted by atomic mass is 9.86. The highest BCUT2D eigenvalue weighted by Crippen LogP contribution is 2.34. The second-order valence-electron chi connectivity index (χ2n) is 8.84. The van der Waals surface area contributed by atoms with Gasteiger partial charge in [0.05, 0.1) is 11.0 Å². The van der Waals surface area contributed by atoms with Gasteiger partial charge in [0.25, 0.3) is 5.91 Å². The number of hydrogen-bond acceptors (Lipinski definition) is 3. The molecule has 1 heterocycles. The number of fused-ring (bicyclic) bond motifs is 1. The van der Waals surface area contributed by atoms with Crippen LogP contribution in [-0.4, -0.2) is 22.4 Å². The Bertz CT molecular complexity index is 1260. The molecule has 1 aromatic heterocycles. The number of hydrogen-bond donors (Lipinski definition) is 2. The van der Waals surface area contributed by atoms with E-state index in [4.69, 9.17) is 4.74 Å². The summed E-state index contributed by atoms with van der Waals surface area (Å²) in [7, 11) is 0. The number of aryl methyl sites for hydroxylation is 2. The fourth-order valence-corrected chi connectivity index (χ4v) is 4.44. The maximum atomic E-state index is 12.6. The molecule has 0 saturated heterocycles. The van der Waals surface area contributed by atoms with E-state index in [0.717, 1.165) is 41.0 Å². The van der Waals surface area contributed by atoms with E-state index in [1.807, 2.05) is 49.4 Å². The number of amides is 1. The van der Waals surface area contributed by atoms with Gasteiger partial charge >= 0.3 is 0 Å². The number of carbonyl (C=O) groups is 1. The Hall–Kier alpha value is -3.60. The summed E-state index contributed by atoms with van der Waals surface area (Å²) in [6.07, 6.45) is 1.83. The number of aromatic nitrogens is 2. The standard InChI is InChI=1S/C29H33N3O2/c1-5-21(16-22-12-11-19(3)15-20(22)4)24-17-23(29(33)30-6-2)13-14-27(24)34-18-28-31-25-9-7-8-10-26(25)32-28/h7-15,17,21H,5-6,16,18H2,1-4H3,(H,30,33)(H,31,32). The largest absolute Gasteiger partial charge is 0.485 e. The molecule has 5 nitrogen and oxygen atoms in total. The number of nitrogens with one attached hydrogen (secondary N) is 2. The van der Waals surface area contributed by atoms with Crippen molar-refractivity contribution in [1.82, 2.24) is 15.3 Å². The Morgan fingerprint density at radius 2 is 1.88 bits per heavy atom. The first-order valence-corrected chi connectivity index (χ1v) is 12.0. The van der Waals surface area contributed by atoms with E-state index in [0.29, 0.717) is 18.7 Å². The minimum Gasteiger partial charge on any atom is -0.485 e. The van der Waals surface area contributed by atoms with Crippen molar-refractivity contribution in [2.45, 2.75) is 53.1 Å². The van der Waals surface area contributed by atoms with Crippen LogP contribution in [0.4, 0.5) is 0 Å². The lowest BCUT2D eigenvalue weighted by Gasteiger charge is -2.21. The molecule has 1 amide bonds. The van der Waals surface area contributed by atoms with Crippen molar-refractivity contribution >= 4 is 16.9 Å². The zero-order valence-corrected chi connectivity index (χ0v) is 20.4. The predicted octanol–water partition coefficient (Wildman–Crippen LogP) is 6.24. The second-order valence-corrected chi connectivity index (χ2v) is 8.84. The van der Waals surface area contributed by atoms with Crippen LogP contribution in [0.5, 0.6) is 5.75 Å². The van der Waals surface area contributed by atoms with Gasteiger partial charge in [-0.15, -0.1) is 0 Å². The molecule has 0 saturated carbocycles. The van der Waals surface area contributed by atoms with E-state index >= 15 is 0 Å². The molecule has 0 radical (unpaired) electrons. The summed E-state index contributed by atoms with van der Waals surface area (Å²) < 4.78 is 6.29. The zero-order chi connectivity index (χ0) is 24.1. The summed E-state index contributed by atoms with van der Waals surface area (Å²) >= 11 is 0. The van der Waals surface area contributed by atoms with Gasteiger partial charge in [0, 0.05) is 12.1 Å². The summed E-state index contributed by atoms with van der Waals surface area (Å²) in [6, 6.07) is 20.3. The molecule has 176 valence electrons. The van der Waals surface area contributed by atoms with Crippen molar-refractivity contribution in [2.24, 2.45) is 0 Å². The molecule has 0 spiro atoms. The molecule has 1 unspecified atom stereocenters. The zero-order valence-electron chi connectivity index (χ0n) is 20.4. The van der Waals surface area contributed by atoms with Gasteiger partial charge in [-0.1, -0.05) is 42.8 Å². The van der Waals surface area contributed by atoms with Crippen LogP contribution < -0.4 is 10.1 Å². The van der Waals surface area contributed by atoms with Crippen LogP contribution in [-0.2, 0) is 13.0 Å². The highest BCUT2D eigenvalue weighted by Gasteiger charge is 2.19. The summed E-state index contributed by atoms with van der Waals surface area (Å²) in [5, 5.41) is 2.91. The van der Waals surface area contributed by atoms with Gasteiger partial charge < -0.3 is 15.0 Å². The van der Waals surface area contributed by atoms with Crippen LogP contribution in [0, 0.1) is 13.8 Å². The Morgan fingerprint density at radius 3 is 2.62 bits per heavy atom. The molecule has 1 atom stereocenters. The molecule has 0 fully saturated rings. The number of H-pyrrole nitrogens is 1.